The van der Waals surface area contributed by atoms with E-state index < -0.39 is 0 Å². The topological polar surface area (TPSA) is 56.1 Å². The van der Waals surface area contributed by atoms with Gasteiger partial charge in [0.05, 0.1) is 17.9 Å². The third-order valence-corrected chi connectivity index (χ3v) is 6.04. The molecule has 0 saturated heterocycles. The van der Waals surface area contributed by atoms with Crippen LogP contribution in [0.15, 0.2) is 109 Å². The zero-order valence-corrected chi connectivity index (χ0v) is 20.4. The molecule has 1 amide bonds. The van der Waals surface area contributed by atoms with E-state index in [0.717, 1.165) is 34.1 Å². The Balaban J connectivity index is 1.43. The Bertz CT molecular complexity index is 1480. The van der Waals surface area contributed by atoms with E-state index in [2.05, 4.69) is 20.9 Å². The molecule has 1 N–H and O–H groups in total. The first-order chi connectivity index (χ1) is 17.6. The van der Waals surface area contributed by atoms with Crippen LogP contribution in [-0.2, 0) is 6.54 Å². The second-order valence-electron chi connectivity index (χ2n) is 8.30. The van der Waals surface area contributed by atoms with Crippen molar-refractivity contribution in [1.82, 2.24) is 14.9 Å². The summed E-state index contributed by atoms with van der Waals surface area (Å²) < 4.78 is 8.33. The van der Waals surface area contributed by atoms with Crippen molar-refractivity contribution in [2.45, 2.75) is 13.5 Å². The number of nitrogens with zero attached hydrogens (tertiary/aromatic N) is 2. The van der Waals surface area contributed by atoms with Crippen molar-refractivity contribution in [3.8, 4) is 28.4 Å². The molecule has 0 bridgehead atoms. The summed E-state index contributed by atoms with van der Waals surface area (Å²) in [5, 5.41) is 3.54. The predicted octanol–water partition coefficient (Wildman–Crippen LogP) is 7.22. The molecule has 0 spiro atoms. The van der Waals surface area contributed by atoms with Crippen LogP contribution < -0.4 is 10.1 Å². The summed E-state index contributed by atoms with van der Waals surface area (Å²) >= 11 is 6.39. The second-order valence-corrected chi connectivity index (χ2v) is 8.74. The lowest BCUT2D eigenvalue weighted by molar-refractivity contribution is 0.0950. The van der Waals surface area contributed by atoms with Crippen LogP contribution in [0, 0.1) is 6.92 Å². The Morgan fingerprint density at radius 1 is 0.917 bits per heavy atom. The first-order valence-corrected chi connectivity index (χ1v) is 12.0. The SMILES string of the molecule is Cc1ccc(-c2cc(Cl)ccc2Oc2ccccc2)n1-c1ccc(C(=O)NCc2ccccn2)cc1. The summed E-state index contributed by atoms with van der Waals surface area (Å²) in [5.41, 5.74) is 5.18. The number of hydrogen-bond donors (Lipinski definition) is 1. The third kappa shape index (κ3) is 5.16. The summed E-state index contributed by atoms with van der Waals surface area (Å²) in [7, 11) is 0. The minimum absolute atomic E-state index is 0.148. The fourth-order valence-corrected chi connectivity index (χ4v) is 4.21. The number of carbonyl (C=O) groups excluding carboxylic acids is 1. The highest BCUT2D eigenvalue weighted by molar-refractivity contribution is 6.31. The average Bonchev–Trinajstić information content (AvgIpc) is 3.30. The van der Waals surface area contributed by atoms with Crippen LogP contribution in [0.3, 0.4) is 0 Å². The molecule has 0 fully saturated rings. The Morgan fingerprint density at radius 2 is 1.69 bits per heavy atom. The van der Waals surface area contributed by atoms with Gasteiger partial charge in [0.2, 0.25) is 0 Å². The van der Waals surface area contributed by atoms with Crippen molar-refractivity contribution in [2.24, 2.45) is 0 Å². The average molecular weight is 494 g/mol. The fourth-order valence-electron chi connectivity index (χ4n) is 4.04. The normalized spacial score (nSPS) is 10.7. The van der Waals surface area contributed by atoms with Gasteiger partial charge in [-0.1, -0.05) is 35.9 Å². The lowest BCUT2D eigenvalue weighted by Gasteiger charge is -2.16. The van der Waals surface area contributed by atoms with Crippen LogP contribution >= 0.6 is 11.6 Å². The molecule has 5 rings (SSSR count). The molecule has 6 heteroatoms. The van der Waals surface area contributed by atoms with Crippen molar-refractivity contribution in [1.29, 1.82) is 0 Å². The minimum atomic E-state index is -0.148. The van der Waals surface area contributed by atoms with Crippen LogP contribution in [0.4, 0.5) is 0 Å². The number of pyridine rings is 1. The van der Waals surface area contributed by atoms with Gasteiger partial charge in [-0.2, -0.15) is 0 Å². The fraction of sp³-hybridized carbons (Fsp3) is 0.0667. The van der Waals surface area contributed by atoms with Crippen molar-refractivity contribution in [3.05, 3.63) is 131 Å². The second kappa shape index (κ2) is 10.5. The Labute approximate surface area is 215 Å². The highest BCUT2D eigenvalue weighted by atomic mass is 35.5. The number of para-hydroxylation sites is 1. The maximum atomic E-state index is 12.6. The number of benzene rings is 3. The van der Waals surface area contributed by atoms with Crippen molar-refractivity contribution in [3.63, 3.8) is 0 Å². The van der Waals surface area contributed by atoms with Gasteiger partial charge in [-0.05, 0) is 85.8 Å². The Hall–Kier alpha value is -4.35. The van der Waals surface area contributed by atoms with Gasteiger partial charge in [-0.3, -0.25) is 9.78 Å². The molecule has 5 nitrogen and oxygen atoms in total. The van der Waals surface area contributed by atoms with Gasteiger partial charge >= 0.3 is 0 Å². The summed E-state index contributed by atoms with van der Waals surface area (Å²) in [6.45, 7) is 2.42. The molecule has 5 aromatic rings. The number of amides is 1. The molecular weight excluding hydrogens is 470 g/mol. The molecule has 0 radical (unpaired) electrons. The van der Waals surface area contributed by atoms with E-state index in [0.29, 0.717) is 22.9 Å². The lowest BCUT2D eigenvalue weighted by atomic mass is 10.1. The van der Waals surface area contributed by atoms with Crippen LogP contribution in [0.25, 0.3) is 16.9 Å². The van der Waals surface area contributed by atoms with Crippen LogP contribution in [0.5, 0.6) is 11.5 Å². The van der Waals surface area contributed by atoms with Gasteiger partial charge in [0, 0.05) is 33.7 Å². The highest BCUT2D eigenvalue weighted by Gasteiger charge is 2.16. The predicted molar refractivity (Wildman–Crippen MR) is 143 cm³/mol. The first-order valence-electron chi connectivity index (χ1n) is 11.6. The van der Waals surface area contributed by atoms with Gasteiger partial charge in [0.25, 0.3) is 5.91 Å². The first kappa shape index (κ1) is 23.4. The van der Waals surface area contributed by atoms with E-state index in [1.54, 1.807) is 6.20 Å². The molecule has 2 aromatic heterocycles. The van der Waals surface area contributed by atoms with E-state index in [-0.39, 0.29) is 5.91 Å². The van der Waals surface area contributed by atoms with Crippen LogP contribution in [-0.4, -0.2) is 15.5 Å². The third-order valence-electron chi connectivity index (χ3n) is 5.81. The number of hydrogen-bond acceptors (Lipinski definition) is 3. The standard InChI is InChI=1S/C30H24ClN3O2/c1-21-10-16-28(27-19-23(31)13-17-29(27)36-26-8-3-2-4-9-26)34(21)25-14-11-22(12-15-25)30(35)33-20-24-7-5-6-18-32-24/h2-19H,20H2,1H3,(H,33,35). The van der Waals surface area contributed by atoms with Crippen molar-refractivity contribution in [2.75, 3.05) is 0 Å². The molecule has 0 aliphatic carbocycles. The number of aryl methyl sites for hydroxylation is 1. The van der Waals surface area contributed by atoms with E-state index in [9.17, 15) is 4.79 Å². The molecule has 0 atom stereocenters. The van der Waals surface area contributed by atoms with E-state index in [1.165, 1.54) is 0 Å². The van der Waals surface area contributed by atoms with Gasteiger partial charge < -0.3 is 14.6 Å². The van der Waals surface area contributed by atoms with E-state index in [1.807, 2.05) is 104 Å². The van der Waals surface area contributed by atoms with Gasteiger partial charge in [0.15, 0.2) is 0 Å². The summed E-state index contributed by atoms with van der Waals surface area (Å²) in [4.78, 5) is 16.9. The number of rotatable bonds is 7. The minimum Gasteiger partial charge on any atom is -0.457 e. The molecule has 0 unspecified atom stereocenters. The quantitative estimate of drug-likeness (QED) is 0.260. The van der Waals surface area contributed by atoms with E-state index in [4.69, 9.17) is 16.3 Å². The lowest BCUT2D eigenvalue weighted by Crippen LogP contribution is -2.23. The molecule has 0 saturated carbocycles. The Kier molecular flexibility index (Phi) is 6.83. The summed E-state index contributed by atoms with van der Waals surface area (Å²) in [6.07, 6.45) is 1.71. The zero-order valence-electron chi connectivity index (χ0n) is 19.7. The van der Waals surface area contributed by atoms with Gasteiger partial charge in [-0.15, -0.1) is 0 Å². The van der Waals surface area contributed by atoms with Crippen molar-refractivity contribution >= 4 is 17.5 Å². The summed E-state index contributed by atoms with van der Waals surface area (Å²) in [6, 6.07) is 32.5. The molecule has 0 aliphatic rings. The molecule has 178 valence electrons. The number of ether oxygens (including phenoxy) is 1. The number of carbonyl (C=O) groups is 1. The zero-order chi connectivity index (χ0) is 24.9. The molecule has 0 aliphatic heterocycles. The summed E-state index contributed by atoms with van der Waals surface area (Å²) in [5.74, 6) is 1.30. The number of halogens is 1. The van der Waals surface area contributed by atoms with Gasteiger partial charge in [0.1, 0.15) is 11.5 Å². The Morgan fingerprint density at radius 3 is 2.44 bits per heavy atom. The highest BCUT2D eigenvalue weighted by Crippen LogP contribution is 2.37. The monoisotopic (exact) mass is 493 g/mol. The molecule has 36 heavy (non-hydrogen) atoms. The van der Waals surface area contributed by atoms with Crippen molar-refractivity contribution < 1.29 is 9.53 Å². The van der Waals surface area contributed by atoms with Crippen LogP contribution in [0.1, 0.15) is 21.7 Å². The maximum absolute atomic E-state index is 12.6. The molecule has 2 heterocycles. The molecular formula is C30H24ClN3O2. The van der Waals surface area contributed by atoms with Crippen LogP contribution in [0.2, 0.25) is 5.02 Å². The van der Waals surface area contributed by atoms with Gasteiger partial charge in [-0.25, -0.2) is 0 Å². The number of nitrogens with one attached hydrogen (secondary N) is 1. The molecule has 3 aromatic carbocycles. The van der Waals surface area contributed by atoms with E-state index >= 15 is 0 Å². The smallest absolute Gasteiger partial charge is 0.251 e. The largest absolute Gasteiger partial charge is 0.457 e. The maximum Gasteiger partial charge on any atom is 0.251 e. The number of aromatic nitrogens is 2.